The van der Waals surface area contributed by atoms with Crippen LogP contribution >= 0.6 is 11.6 Å². The smallest absolute Gasteiger partial charge is 0.263 e. The van der Waals surface area contributed by atoms with Crippen LogP contribution in [0.5, 0.6) is 0 Å². The Morgan fingerprint density at radius 3 is 2.85 bits per heavy atom. The number of fused-ring (bicyclic) bond motifs is 1. The van der Waals surface area contributed by atoms with Gasteiger partial charge in [-0.2, -0.15) is 0 Å². The monoisotopic (exact) mass is 203 g/mol. The molecule has 0 radical (unpaired) electrons. The summed E-state index contributed by atoms with van der Waals surface area (Å²) in [7, 11) is 0. The van der Waals surface area contributed by atoms with E-state index >= 15 is 0 Å². The highest BCUT2D eigenvalue weighted by Crippen LogP contribution is 2.34. The minimum Gasteiger partial charge on any atom is -0.383 e. The Balaban J connectivity index is 2.49. The van der Waals surface area contributed by atoms with Crippen LogP contribution in [0.3, 0.4) is 0 Å². The van der Waals surface area contributed by atoms with Gasteiger partial charge in [0.05, 0.1) is 10.7 Å². The summed E-state index contributed by atoms with van der Waals surface area (Å²) in [6.45, 7) is 0.780. The fourth-order valence-electron chi connectivity index (χ4n) is 1.53. The molecule has 0 aliphatic carbocycles. The summed E-state index contributed by atoms with van der Waals surface area (Å²) < 4.78 is 24.7. The number of hydrogen-bond acceptors (Lipinski definition) is 1. The van der Waals surface area contributed by atoms with E-state index in [0.717, 1.165) is 24.2 Å². The number of anilines is 1. The van der Waals surface area contributed by atoms with Crippen LogP contribution in [-0.2, 0) is 6.42 Å². The van der Waals surface area contributed by atoms with Gasteiger partial charge in [0.1, 0.15) is 0 Å². The van der Waals surface area contributed by atoms with Crippen LogP contribution in [0.2, 0.25) is 5.02 Å². The maximum absolute atomic E-state index is 12.3. The van der Waals surface area contributed by atoms with Crippen LogP contribution in [0.4, 0.5) is 14.5 Å². The normalized spacial score (nSPS) is 14.5. The lowest BCUT2D eigenvalue weighted by Gasteiger charge is -2.06. The second-order valence-corrected chi connectivity index (χ2v) is 3.42. The van der Waals surface area contributed by atoms with Crippen molar-refractivity contribution in [3.8, 4) is 0 Å². The molecule has 1 heterocycles. The Morgan fingerprint density at radius 2 is 2.15 bits per heavy atom. The number of rotatable bonds is 1. The highest BCUT2D eigenvalue weighted by atomic mass is 35.5. The highest BCUT2D eigenvalue weighted by Gasteiger charge is 2.17. The molecule has 1 aromatic rings. The summed E-state index contributed by atoms with van der Waals surface area (Å²) in [5, 5.41) is 3.45. The van der Waals surface area contributed by atoms with Gasteiger partial charge in [-0.15, -0.1) is 0 Å². The Kier molecular flexibility index (Phi) is 2.12. The van der Waals surface area contributed by atoms with Crippen molar-refractivity contribution >= 4 is 17.3 Å². The molecule has 1 aromatic carbocycles. The van der Waals surface area contributed by atoms with Crippen LogP contribution in [0.1, 0.15) is 17.6 Å². The maximum Gasteiger partial charge on any atom is 0.263 e. The molecule has 4 heteroatoms. The third kappa shape index (κ3) is 1.48. The fourth-order valence-corrected chi connectivity index (χ4v) is 1.84. The fraction of sp³-hybridized carbons (Fsp3) is 0.333. The van der Waals surface area contributed by atoms with Crippen molar-refractivity contribution in [2.24, 2.45) is 0 Å². The van der Waals surface area contributed by atoms with Gasteiger partial charge in [0, 0.05) is 12.1 Å². The average molecular weight is 204 g/mol. The van der Waals surface area contributed by atoms with Gasteiger partial charge in [0.2, 0.25) is 0 Å². The molecule has 0 atom stereocenters. The van der Waals surface area contributed by atoms with Crippen molar-refractivity contribution in [1.82, 2.24) is 0 Å². The molecular weight excluding hydrogens is 196 g/mol. The Hall–Kier alpha value is -0.830. The Morgan fingerprint density at radius 1 is 1.38 bits per heavy atom. The van der Waals surface area contributed by atoms with E-state index in [1.54, 1.807) is 0 Å². The highest BCUT2D eigenvalue weighted by molar-refractivity contribution is 6.33. The first-order chi connectivity index (χ1) is 6.18. The zero-order valence-corrected chi connectivity index (χ0v) is 7.54. The van der Waals surface area contributed by atoms with Crippen LogP contribution < -0.4 is 5.32 Å². The lowest BCUT2D eigenvalue weighted by Crippen LogP contribution is -1.92. The lowest BCUT2D eigenvalue weighted by molar-refractivity contribution is 0.151. The second kappa shape index (κ2) is 3.14. The van der Waals surface area contributed by atoms with E-state index in [4.69, 9.17) is 11.6 Å². The Labute approximate surface area is 79.7 Å². The van der Waals surface area contributed by atoms with Crippen molar-refractivity contribution in [3.63, 3.8) is 0 Å². The number of alkyl halides is 2. The van der Waals surface area contributed by atoms with Crippen molar-refractivity contribution in [2.45, 2.75) is 12.8 Å². The minimum atomic E-state index is -2.44. The van der Waals surface area contributed by atoms with Crippen molar-refractivity contribution < 1.29 is 8.78 Å². The van der Waals surface area contributed by atoms with Crippen molar-refractivity contribution in [3.05, 3.63) is 28.3 Å². The standard InChI is InChI=1S/C9H8ClF2N/c10-7-4-6(9(11)12)3-5-1-2-13-8(5)7/h3-4,9,13H,1-2H2. The van der Waals surface area contributed by atoms with Crippen LogP contribution in [0.15, 0.2) is 12.1 Å². The number of nitrogens with one attached hydrogen (secondary N) is 1. The van der Waals surface area contributed by atoms with E-state index in [9.17, 15) is 8.78 Å². The molecule has 0 saturated carbocycles. The van der Waals surface area contributed by atoms with Gasteiger partial charge >= 0.3 is 0 Å². The molecule has 0 amide bonds. The molecule has 0 aromatic heterocycles. The predicted octanol–water partition coefficient (Wildman–Crippen LogP) is 3.25. The molecule has 0 saturated heterocycles. The minimum absolute atomic E-state index is 0.00690. The van der Waals surface area contributed by atoms with Gasteiger partial charge in [-0.25, -0.2) is 8.78 Å². The summed E-state index contributed by atoms with van der Waals surface area (Å²) in [5.74, 6) is 0. The first kappa shape index (κ1) is 8.75. The van der Waals surface area contributed by atoms with E-state index in [1.807, 2.05) is 0 Å². The van der Waals surface area contributed by atoms with Crippen LogP contribution in [0.25, 0.3) is 0 Å². The molecule has 2 rings (SSSR count). The van der Waals surface area contributed by atoms with E-state index in [-0.39, 0.29) is 5.56 Å². The zero-order chi connectivity index (χ0) is 9.42. The van der Waals surface area contributed by atoms with E-state index in [0.29, 0.717) is 5.02 Å². The third-order valence-electron chi connectivity index (χ3n) is 2.14. The van der Waals surface area contributed by atoms with Gasteiger partial charge in [-0.3, -0.25) is 0 Å². The average Bonchev–Trinajstić information content (AvgIpc) is 2.51. The summed E-state index contributed by atoms with van der Waals surface area (Å²) in [5.41, 5.74) is 1.71. The third-order valence-corrected chi connectivity index (χ3v) is 2.44. The van der Waals surface area contributed by atoms with E-state index < -0.39 is 6.43 Å². The molecule has 0 spiro atoms. The van der Waals surface area contributed by atoms with Gasteiger partial charge < -0.3 is 5.32 Å². The molecule has 0 unspecified atom stereocenters. The first-order valence-electron chi connectivity index (χ1n) is 4.03. The molecule has 13 heavy (non-hydrogen) atoms. The van der Waals surface area contributed by atoms with Crippen molar-refractivity contribution in [2.75, 3.05) is 11.9 Å². The SMILES string of the molecule is FC(F)c1cc(Cl)c2c(c1)CCN2. The van der Waals surface area contributed by atoms with Gasteiger partial charge in [-0.1, -0.05) is 11.6 Å². The molecule has 0 fully saturated rings. The lowest BCUT2D eigenvalue weighted by atomic mass is 10.1. The molecule has 0 bridgehead atoms. The van der Waals surface area contributed by atoms with Gasteiger partial charge in [0.25, 0.3) is 6.43 Å². The van der Waals surface area contributed by atoms with Crippen LogP contribution in [-0.4, -0.2) is 6.54 Å². The van der Waals surface area contributed by atoms with Gasteiger partial charge in [0.15, 0.2) is 0 Å². The van der Waals surface area contributed by atoms with Crippen molar-refractivity contribution in [1.29, 1.82) is 0 Å². The van der Waals surface area contributed by atoms with Crippen LogP contribution in [0, 0.1) is 0 Å². The van der Waals surface area contributed by atoms with Gasteiger partial charge in [-0.05, 0) is 24.1 Å². The second-order valence-electron chi connectivity index (χ2n) is 3.01. The largest absolute Gasteiger partial charge is 0.383 e. The molecule has 70 valence electrons. The number of hydrogen-bond donors (Lipinski definition) is 1. The predicted molar refractivity (Wildman–Crippen MR) is 48.6 cm³/mol. The molecule has 1 N–H and O–H groups in total. The zero-order valence-electron chi connectivity index (χ0n) is 6.78. The summed E-state index contributed by atoms with van der Waals surface area (Å²) in [6, 6.07) is 2.84. The molecule has 1 nitrogen and oxygen atoms in total. The first-order valence-corrected chi connectivity index (χ1v) is 4.40. The number of benzene rings is 1. The molecule has 1 aliphatic heterocycles. The molecule has 1 aliphatic rings. The summed E-state index contributed by atoms with van der Waals surface area (Å²) in [6.07, 6.45) is -1.67. The summed E-state index contributed by atoms with van der Waals surface area (Å²) >= 11 is 5.82. The van der Waals surface area contributed by atoms with E-state index in [2.05, 4.69) is 5.32 Å². The Bertz CT molecular complexity index is 339. The topological polar surface area (TPSA) is 12.0 Å². The quantitative estimate of drug-likeness (QED) is 0.739. The summed E-state index contributed by atoms with van der Waals surface area (Å²) in [4.78, 5) is 0. The molecular formula is C9H8ClF2N. The van der Waals surface area contributed by atoms with E-state index in [1.165, 1.54) is 12.1 Å². The maximum atomic E-state index is 12.3. The number of halogens is 3.